The molecule has 25 heavy (non-hydrogen) atoms. The Morgan fingerprint density at radius 1 is 1.20 bits per heavy atom. The van der Waals surface area contributed by atoms with Crippen LogP contribution in [0.5, 0.6) is 11.6 Å². The molecule has 1 aromatic carbocycles. The molecular weight excluding hydrogens is 322 g/mol. The van der Waals surface area contributed by atoms with Gasteiger partial charge in [0.25, 0.3) is 0 Å². The number of carbonyl (C=O) groups is 2. The summed E-state index contributed by atoms with van der Waals surface area (Å²) in [6, 6.07) is 10.4. The molecule has 0 radical (unpaired) electrons. The highest BCUT2D eigenvalue weighted by molar-refractivity contribution is 5.95. The van der Waals surface area contributed by atoms with Crippen LogP contribution in [0.25, 0.3) is 10.9 Å². The van der Waals surface area contributed by atoms with Crippen LogP contribution in [-0.4, -0.2) is 33.6 Å². The molecule has 0 aliphatic carbocycles. The minimum Gasteiger partial charge on any atom is -0.477 e. The van der Waals surface area contributed by atoms with E-state index >= 15 is 0 Å². The molecule has 0 aliphatic heterocycles. The van der Waals surface area contributed by atoms with Gasteiger partial charge in [-0.05, 0) is 24.3 Å². The van der Waals surface area contributed by atoms with Crippen LogP contribution in [-0.2, 0) is 11.8 Å². The van der Waals surface area contributed by atoms with E-state index in [1.165, 1.54) is 11.8 Å². The van der Waals surface area contributed by atoms with E-state index < -0.39 is 5.97 Å². The van der Waals surface area contributed by atoms with Gasteiger partial charge in [0.15, 0.2) is 0 Å². The Morgan fingerprint density at radius 2 is 1.96 bits per heavy atom. The number of carbonyl (C=O) groups excluding carboxylic acids is 1. The van der Waals surface area contributed by atoms with E-state index in [0.29, 0.717) is 17.3 Å². The van der Waals surface area contributed by atoms with Crippen molar-refractivity contribution >= 4 is 28.5 Å². The average molecular weight is 339 g/mol. The quantitative estimate of drug-likeness (QED) is 0.790. The van der Waals surface area contributed by atoms with Crippen molar-refractivity contribution in [2.45, 2.75) is 6.92 Å². The lowest BCUT2D eigenvalue weighted by molar-refractivity contribution is -0.116. The van der Waals surface area contributed by atoms with Crippen LogP contribution in [0.15, 0.2) is 42.6 Å². The maximum Gasteiger partial charge on any atom is 0.352 e. The molecule has 0 fully saturated rings. The molecule has 2 aromatic heterocycles. The number of amides is 1. The number of hydrogen-bond donors (Lipinski definition) is 1. The molecule has 0 aliphatic rings. The van der Waals surface area contributed by atoms with Crippen molar-refractivity contribution in [2.75, 3.05) is 11.9 Å². The SMILES string of the molecule is CC(=O)N(C)c1ccc(Oc2ccc3cc(C(=O)O)n(C)c3c2)nc1. The van der Waals surface area contributed by atoms with Gasteiger partial charge in [-0.2, -0.15) is 0 Å². The lowest BCUT2D eigenvalue weighted by atomic mass is 10.2. The number of ether oxygens (including phenoxy) is 1. The highest BCUT2D eigenvalue weighted by atomic mass is 16.5. The van der Waals surface area contributed by atoms with Gasteiger partial charge in [-0.25, -0.2) is 9.78 Å². The first-order valence-corrected chi connectivity index (χ1v) is 7.58. The standard InChI is InChI=1S/C18H17N3O4/c1-11(22)20(2)13-5-7-17(19-10-13)25-14-6-4-12-8-16(18(23)24)21(3)15(12)9-14/h4-10H,1-3H3,(H,23,24). The summed E-state index contributed by atoms with van der Waals surface area (Å²) in [7, 11) is 3.36. The molecule has 3 rings (SSSR count). The fourth-order valence-corrected chi connectivity index (χ4v) is 2.51. The predicted octanol–water partition coefficient (Wildman–Crippen LogP) is 3.05. The predicted molar refractivity (Wildman–Crippen MR) is 93.3 cm³/mol. The molecule has 0 saturated heterocycles. The topological polar surface area (TPSA) is 84.7 Å². The number of rotatable bonds is 4. The Labute approximate surface area is 144 Å². The fraction of sp³-hybridized carbons (Fsp3) is 0.167. The van der Waals surface area contributed by atoms with Gasteiger partial charge in [0.1, 0.15) is 11.4 Å². The first-order valence-electron chi connectivity index (χ1n) is 7.58. The summed E-state index contributed by atoms with van der Waals surface area (Å²) in [5.74, 6) is -0.134. The second kappa shape index (κ2) is 6.27. The monoisotopic (exact) mass is 339 g/mol. The van der Waals surface area contributed by atoms with E-state index in [9.17, 15) is 14.7 Å². The number of benzene rings is 1. The van der Waals surface area contributed by atoms with Crippen molar-refractivity contribution in [1.29, 1.82) is 0 Å². The van der Waals surface area contributed by atoms with Gasteiger partial charge >= 0.3 is 5.97 Å². The highest BCUT2D eigenvalue weighted by Crippen LogP contribution is 2.27. The third-order valence-corrected chi connectivity index (χ3v) is 4.04. The number of carboxylic acids is 1. The largest absolute Gasteiger partial charge is 0.477 e. The molecule has 0 atom stereocenters. The van der Waals surface area contributed by atoms with E-state index in [4.69, 9.17) is 4.74 Å². The molecule has 128 valence electrons. The van der Waals surface area contributed by atoms with Crippen LogP contribution in [0.2, 0.25) is 0 Å². The number of nitrogens with zero attached hydrogens (tertiary/aromatic N) is 3. The third kappa shape index (κ3) is 3.16. The summed E-state index contributed by atoms with van der Waals surface area (Å²) in [5, 5.41) is 10.0. The van der Waals surface area contributed by atoms with Crippen molar-refractivity contribution in [1.82, 2.24) is 9.55 Å². The molecule has 7 heteroatoms. The van der Waals surface area contributed by atoms with E-state index in [0.717, 1.165) is 10.9 Å². The number of aryl methyl sites for hydroxylation is 1. The first-order chi connectivity index (χ1) is 11.9. The van der Waals surface area contributed by atoms with Gasteiger partial charge in [0, 0.05) is 38.5 Å². The molecule has 7 nitrogen and oxygen atoms in total. The summed E-state index contributed by atoms with van der Waals surface area (Å²) in [6.07, 6.45) is 1.56. The molecule has 1 amide bonds. The lowest BCUT2D eigenvalue weighted by Crippen LogP contribution is -2.22. The summed E-state index contributed by atoms with van der Waals surface area (Å²) in [6.45, 7) is 1.48. The summed E-state index contributed by atoms with van der Waals surface area (Å²) >= 11 is 0. The van der Waals surface area contributed by atoms with Crippen molar-refractivity contribution in [3.63, 3.8) is 0 Å². The number of hydrogen-bond acceptors (Lipinski definition) is 4. The molecular formula is C18H17N3O4. The number of pyridine rings is 1. The zero-order valence-electron chi connectivity index (χ0n) is 14.1. The second-order valence-corrected chi connectivity index (χ2v) is 5.65. The van der Waals surface area contributed by atoms with Gasteiger partial charge in [-0.15, -0.1) is 0 Å². The van der Waals surface area contributed by atoms with E-state index in [-0.39, 0.29) is 11.6 Å². The maximum atomic E-state index is 11.3. The van der Waals surface area contributed by atoms with Gasteiger partial charge in [0.2, 0.25) is 11.8 Å². The normalized spacial score (nSPS) is 10.7. The molecule has 2 heterocycles. The van der Waals surface area contributed by atoms with Crippen LogP contribution >= 0.6 is 0 Å². The molecule has 0 spiro atoms. The van der Waals surface area contributed by atoms with Crippen molar-refractivity contribution in [3.8, 4) is 11.6 Å². The molecule has 0 bridgehead atoms. The zero-order chi connectivity index (χ0) is 18.1. The lowest BCUT2D eigenvalue weighted by Gasteiger charge is -2.14. The van der Waals surface area contributed by atoms with Crippen molar-refractivity contribution in [3.05, 3.63) is 48.3 Å². The van der Waals surface area contributed by atoms with Crippen LogP contribution in [0.1, 0.15) is 17.4 Å². The van der Waals surface area contributed by atoms with Crippen LogP contribution in [0, 0.1) is 0 Å². The Balaban J connectivity index is 1.86. The molecule has 0 saturated carbocycles. The van der Waals surface area contributed by atoms with E-state index in [1.807, 2.05) is 0 Å². The van der Waals surface area contributed by atoms with Gasteiger partial charge < -0.3 is 19.3 Å². The van der Waals surface area contributed by atoms with Crippen molar-refractivity contribution < 1.29 is 19.4 Å². The minimum absolute atomic E-state index is 0.0844. The molecule has 1 N–H and O–H groups in total. The Kier molecular flexibility index (Phi) is 4.14. The fourth-order valence-electron chi connectivity index (χ4n) is 2.51. The zero-order valence-corrected chi connectivity index (χ0v) is 14.1. The number of aromatic nitrogens is 2. The molecule has 3 aromatic rings. The first kappa shape index (κ1) is 16.5. The van der Waals surface area contributed by atoms with Crippen molar-refractivity contribution in [2.24, 2.45) is 7.05 Å². The third-order valence-electron chi connectivity index (χ3n) is 4.04. The number of fused-ring (bicyclic) bond motifs is 1. The smallest absolute Gasteiger partial charge is 0.352 e. The average Bonchev–Trinajstić information content (AvgIpc) is 2.92. The molecule has 0 unspecified atom stereocenters. The summed E-state index contributed by atoms with van der Waals surface area (Å²) in [5.41, 5.74) is 1.63. The Hall–Kier alpha value is -3.35. The van der Waals surface area contributed by atoms with Crippen LogP contribution in [0.3, 0.4) is 0 Å². The highest BCUT2D eigenvalue weighted by Gasteiger charge is 2.13. The maximum absolute atomic E-state index is 11.3. The van der Waals surface area contributed by atoms with E-state index in [2.05, 4.69) is 4.98 Å². The Bertz CT molecular complexity index is 960. The number of aromatic carboxylic acids is 1. The summed E-state index contributed by atoms with van der Waals surface area (Å²) in [4.78, 5) is 28.2. The van der Waals surface area contributed by atoms with E-state index in [1.54, 1.807) is 61.3 Å². The summed E-state index contributed by atoms with van der Waals surface area (Å²) < 4.78 is 7.33. The number of carboxylic acid groups (broad SMARTS) is 1. The van der Waals surface area contributed by atoms with Crippen LogP contribution < -0.4 is 9.64 Å². The Morgan fingerprint density at radius 3 is 2.56 bits per heavy atom. The van der Waals surface area contributed by atoms with Gasteiger partial charge in [0.05, 0.1) is 17.4 Å². The van der Waals surface area contributed by atoms with Gasteiger partial charge in [-0.1, -0.05) is 0 Å². The van der Waals surface area contributed by atoms with Crippen LogP contribution in [0.4, 0.5) is 5.69 Å². The van der Waals surface area contributed by atoms with Gasteiger partial charge in [-0.3, -0.25) is 4.79 Å². The number of anilines is 1. The minimum atomic E-state index is -0.979. The second-order valence-electron chi connectivity index (χ2n) is 5.65.